The fourth-order valence-electron chi connectivity index (χ4n) is 3.11. The van der Waals surface area contributed by atoms with E-state index in [1.807, 2.05) is 32.0 Å². The van der Waals surface area contributed by atoms with Crippen LogP contribution in [0.3, 0.4) is 0 Å². The van der Waals surface area contributed by atoms with Gasteiger partial charge in [0.1, 0.15) is 30.3 Å². The van der Waals surface area contributed by atoms with E-state index in [0.717, 1.165) is 11.1 Å². The standard InChI is InChI=1S/C23H21ClFN5O3/c1-13-4-7-18(8-14(13)2)32-11-19-15(3)33-29-21(19)22(31)27-23-26-12-30(28-23)10-16-5-6-17(25)9-20(16)24/h4-9,12H,10-11H2,1-3H3,(H,27,28,31). The second-order valence-electron chi connectivity index (χ2n) is 7.56. The highest BCUT2D eigenvalue weighted by molar-refractivity contribution is 6.31. The van der Waals surface area contributed by atoms with Crippen LogP contribution in [0.2, 0.25) is 5.02 Å². The van der Waals surface area contributed by atoms with Gasteiger partial charge in [-0.2, -0.15) is 0 Å². The minimum atomic E-state index is -0.525. The number of carbonyl (C=O) groups is 1. The molecule has 1 amide bonds. The number of hydrogen-bond donors (Lipinski definition) is 1. The molecule has 0 aliphatic carbocycles. The van der Waals surface area contributed by atoms with Crippen molar-refractivity contribution in [3.05, 3.63) is 87.3 Å². The van der Waals surface area contributed by atoms with E-state index in [9.17, 15) is 9.18 Å². The molecule has 2 heterocycles. The number of ether oxygens (including phenoxy) is 1. The van der Waals surface area contributed by atoms with E-state index >= 15 is 0 Å². The quantitative estimate of drug-likeness (QED) is 0.415. The maximum atomic E-state index is 13.2. The van der Waals surface area contributed by atoms with Gasteiger partial charge in [0.05, 0.1) is 12.1 Å². The number of rotatable bonds is 7. The Labute approximate surface area is 194 Å². The van der Waals surface area contributed by atoms with Crippen LogP contribution in [0, 0.1) is 26.6 Å². The molecule has 8 nitrogen and oxygen atoms in total. The van der Waals surface area contributed by atoms with Gasteiger partial charge in [-0.3, -0.25) is 10.1 Å². The summed E-state index contributed by atoms with van der Waals surface area (Å²) in [6.45, 7) is 6.12. The highest BCUT2D eigenvalue weighted by atomic mass is 35.5. The van der Waals surface area contributed by atoms with Crippen molar-refractivity contribution in [2.45, 2.75) is 33.9 Å². The van der Waals surface area contributed by atoms with Crippen molar-refractivity contribution in [3.63, 3.8) is 0 Å². The van der Waals surface area contributed by atoms with Crippen molar-refractivity contribution < 1.29 is 18.4 Å². The first-order valence-corrected chi connectivity index (χ1v) is 10.5. The molecule has 0 bridgehead atoms. The molecule has 0 unspecified atom stereocenters. The van der Waals surface area contributed by atoms with Gasteiger partial charge in [-0.05, 0) is 61.7 Å². The van der Waals surface area contributed by atoms with Gasteiger partial charge < -0.3 is 9.26 Å². The molecule has 1 N–H and O–H groups in total. The highest BCUT2D eigenvalue weighted by Gasteiger charge is 2.22. The van der Waals surface area contributed by atoms with Crippen LogP contribution in [-0.4, -0.2) is 25.8 Å². The number of nitrogens with one attached hydrogen (secondary N) is 1. The van der Waals surface area contributed by atoms with Crippen LogP contribution in [0.4, 0.5) is 10.3 Å². The summed E-state index contributed by atoms with van der Waals surface area (Å²) in [7, 11) is 0. The Hall–Kier alpha value is -3.72. The average Bonchev–Trinajstić information content (AvgIpc) is 3.37. The van der Waals surface area contributed by atoms with E-state index in [2.05, 4.69) is 20.6 Å². The smallest absolute Gasteiger partial charge is 0.280 e. The van der Waals surface area contributed by atoms with E-state index in [4.69, 9.17) is 20.9 Å². The molecule has 33 heavy (non-hydrogen) atoms. The normalized spacial score (nSPS) is 10.9. The Kier molecular flexibility index (Phi) is 6.41. The molecular weight excluding hydrogens is 449 g/mol. The number of benzene rings is 2. The van der Waals surface area contributed by atoms with Gasteiger partial charge in [-0.15, -0.1) is 5.10 Å². The largest absolute Gasteiger partial charge is 0.489 e. The number of anilines is 1. The molecule has 170 valence electrons. The maximum absolute atomic E-state index is 13.2. The maximum Gasteiger partial charge on any atom is 0.280 e. The minimum Gasteiger partial charge on any atom is -0.489 e. The fourth-order valence-corrected chi connectivity index (χ4v) is 3.34. The van der Waals surface area contributed by atoms with Crippen LogP contribution in [0.25, 0.3) is 0 Å². The van der Waals surface area contributed by atoms with Crippen molar-refractivity contribution >= 4 is 23.5 Å². The van der Waals surface area contributed by atoms with Gasteiger partial charge in [0.25, 0.3) is 5.91 Å². The number of aryl methyl sites for hydroxylation is 3. The number of nitrogens with zero attached hydrogens (tertiary/aromatic N) is 4. The third-order valence-electron chi connectivity index (χ3n) is 5.17. The van der Waals surface area contributed by atoms with Gasteiger partial charge in [0.2, 0.25) is 5.95 Å². The lowest BCUT2D eigenvalue weighted by molar-refractivity contribution is 0.101. The summed E-state index contributed by atoms with van der Waals surface area (Å²) in [6, 6.07) is 9.88. The van der Waals surface area contributed by atoms with Crippen LogP contribution < -0.4 is 10.1 Å². The Bertz CT molecular complexity index is 1320. The molecule has 0 saturated heterocycles. The molecule has 0 atom stereocenters. The van der Waals surface area contributed by atoms with Gasteiger partial charge in [0.15, 0.2) is 5.69 Å². The van der Waals surface area contributed by atoms with E-state index in [1.165, 1.54) is 23.1 Å². The third kappa shape index (κ3) is 5.20. The number of aromatic nitrogens is 4. The van der Waals surface area contributed by atoms with Gasteiger partial charge in [0, 0.05) is 5.02 Å². The number of carbonyl (C=O) groups excluding carboxylic acids is 1. The molecule has 0 radical (unpaired) electrons. The molecule has 0 aliphatic heterocycles. The first kappa shape index (κ1) is 22.5. The fraction of sp³-hybridized carbons (Fsp3) is 0.217. The summed E-state index contributed by atoms with van der Waals surface area (Å²) < 4.78 is 25.8. The molecule has 0 spiro atoms. The Morgan fingerprint density at radius 1 is 1.18 bits per heavy atom. The summed E-state index contributed by atoms with van der Waals surface area (Å²) in [5.74, 6) is 0.303. The van der Waals surface area contributed by atoms with Crippen molar-refractivity contribution in [2.75, 3.05) is 5.32 Å². The second-order valence-corrected chi connectivity index (χ2v) is 7.96. The summed E-state index contributed by atoms with van der Waals surface area (Å²) in [4.78, 5) is 16.9. The molecular formula is C23H21ClFN5O3. The highest BCUT2D eigenvalue weighted by Crippen LogP contribution is 2.21. The summed E-state index contributed by atoms with van der Waals surface area (Å²) >= 11 is 6.06. The number of hydrogen-bond acceptors (Lipinski definition) is 6. The summed E-state index contributed by atoms with van der Waals surface area (Å²) in [5.41, 5.74) is 3.56. The molecule has 2 aromatic carbocycles. The van der Waals surface area contributed by atoms with Crippen LogP contribution in [0.1, 0.15) is 38.5 Å². The zero-order valence-corrected chi connectivity index (χ0v) is 19.0. The molecule has 10 heteroatoms. The predicted molar refractivity (Wildman–Crippen MR) is 120 cm³/mol. The molecule has 4 rings (SSSR count). The lowest BCUT2D eigenvalue weighted by atomic mass is 10.1. The lowest BCUT2D eigenvalue weighted by Crippen LogP contribution is -2.16. The second kappa shape index (κ2) is 9.41. The van der Waals surface area contributed by atoms with Crippen molar-refractivity contribution in [1.29, 1.82) is 0 Å². The lowest BCUT2D eigenvalue weighted by Gasteiger charge is -2.08. The monoisotopic (exact) mass is 469 g/mol. The Morgan fingerprint density at radius 2 is 2.00 bits per heavy atom. The summed E-state index contributed by atoms with van der Waals surface area (Å²) in [6.07, 6.45) is 1.44. The number of amides is 1. The van der Waals surface area contributed by atoms with Gasteiger partial charge in [-0.25, -0.2) is 14.1 Å². The van der Waals surface area contributed by atoms with Gasteiger partial charge >= 0.3 is 0 Å². The van der Waals surface area contributed by atoms with Crippen molar-refractivity contribution in [2.24, 2.45) is 0 Å². The zero-order valence-electron chi connectivity index (χ0n) is 18.2. The molecule has 0 saturated carbocycles. The first-order valence-electron chi connectivity index (χ1n) is 10.1. The number of halogens is 2. The van der Waals surface area contributed by atoms with E-state index < -0.39 is 11.7 Å². The summed E-state index contributed by atoms with van der Waals surface area (Å²) in [5, 5.41) is 11.0. The predicted octanol–water partition coefficient (Wildman–Crippen LogP) is 4.86. The topological polar surface area (TPSA) is 95.1 Å². The molecule has 4 aromatic rings. The van der Waals surface area contributed by atoms with Crippen LogP contribution >= 0.6 is 11.6 Å². The third-order valence-corrected chi connectivity index (χ3v) is 5.52. The van der Waals surface area contributed by atoms with Crippen molar-refractivity contribution in [1.82, 2.24) is 19.9 Å². The molecule has 0 aliphatic rings. The van der Waals surface area contributed by atoms with E-state index in [1.54, 1.807) is 13.0 Å². The van der Waals surface area contributed by atoms with Crippen LogP contribution in [0.15, 0.2) is 47.2 Å². The SMILES string of the molecule is Cc1ccc(OCc2c(C(=O)Nc3ncn(Cc4ccc(F)cc4Cl)n3)noc2C)cc1C. The molecule has 2 aromatic heterocycles. The zero-order chi connectivity index (χ0) is 23.5. The van der Waals surface area contributed by atoms with Crippen LogP contribution in [-0.2, 0) is 13.2 Å². The van der Waals surface area contributed by atoms with E-state index in [-0.39, 0.29) is 29.8 Å². The van der Waals surface area contributed by atoms with Gasteiger partial charge in [-0.1, -0.05) is 28.9 Å². The Balaban J connectivity index is 1.43. The van der Waals surface area contributed by atoms with E-state index in [0.29, 0.717) is 22.6 Å². The van der Waals surface area contributed by atoms with Crippen LogP contribution in [0.5, 0.6) is 5.75 Å². The minimum absolute atomic E-state index is 0.0833. The molecule has 0 fully saturated rings. The van der Waals surface area contributed by atoms with Crippen molar-refractivity contribution in [3.8, 4) is 5.75 Å². The Morgan fingerprint density at radius 3 is 2.76 bits per heavy atom. The first-order chi connectivity index (χ1) is 15.8. The average molecular weight is 470 g/mol.